The summed E-state index contributed by atoms with van der Waals surface area (Å²) < 4.78 is 47.1. The molecule has 7 aromatic rings. The van der Waals surface area contributed by atoms with Crippen LogP contribution in [0, 0.1) is 19.7 Å². The van der Waals surface area contributed by atoms with Crippen LogP contribution in [0.3, 0.4) is 0 Å². The SMILES string of the molecule is Cc1c(Cl)c2c(Cl)c(C)c1-c1c(-c3ccc(F)cc3)sc3ncnc(c13)O[C@@H](C(=O)O)Cc1cc(ccc1OCc1ccnc([C@H]3CC[C@H](OCc4cccnc4)CC3)n1)OC[C@@H](CN1CCN(C)CC1)O2. The molecule has 3 aliphatic heterocycles. The number of hydrogen-bond donors (Lipinski definition) is 1. The van der Waals surface area contributed by atoms with Crippen LogP contribution in [0.15, 0.2) is 85.6 Å². The Morgan fingerprint density at radius 3 is 2.42 bits per heavy atom. The molecule has 0 amide bonds. The molecule has 4 aromatic heterocycles. The molecular formula is C54H54Cl2FN7O7S. The Hall–Kier alpha value is -6.01. The number of halogens is 3. The third-order valence-corrected chi connectivity index (χ3v) is 15.8. The van der Waals surface area contributed by atoms with Gasteiger partial charge in [-0.05, 0) is 117 Å². The number of hydrogen-bond acceptors (Lipinski definition) is 14. The van der Waals surface area contributed by atoms with Gasteiger partial charge in [0.25, 0.3) is 0 Å². The van der Waals surface area contributed by atoms with Crippen LogP contribution >= 0.6 is 34.5 Å². The highest BCUT2D eigenvalue weighted by Crippen LogP contribution is 2.53. The Kier molecular flexibility index (Phi) is 15.1. The van der Waals surface area contributed by atoms with E-state index in [1.807, 2.05) is 38.2 Å². The highest BCUT2D eigenvalue weighted by Gasteiger charge is 2.33. The number of piperazine rings is 1. The van der Waals surface area contributed by atoms with Crippen molar-refractivity contribution in [1.82, 2.24) is 34.7 Å². The molecular weight excluding hydrogens is 981 g/mol. The fourth-order valence-corrected chi connectivity index (χ4v) is 11.4. The zero-order valence-electron chi connectivity index (χ0n) is 40.2. The van der Waals surface area contributed by atoms with Crippen molar-refractivity contribution < 1.29 is 38.0 Å². The Labute approximate surface area is 431 Å². The summed E-state index contributed by atoms with van der Waals surface area (Å²) >= 11 is 16.0. The first kappa shape index (κ1) is 49.6. The summed E-state index contributed by atoms with van der Waals surface area (Å²) in [4.78, 5) is 42.3. The molecule has 0 radical (unpaired) electrons. The number of ether oxygens (including phenoxy) is 5. The maximum absolute atomic E-state index is 14.4. The number of carboxylic acid groups (broad SMARTS) is 1. The van der Waals surface area contributed by atoms with E-state index in [9.17, 15) is 14.3 Å². The highest BCUT2D eigenvalue weighted by atomic mass is 35.5. The van der Waals surface area contributed by atoms with Crippen molar-refractivity contribution in [3.63, 3.8) is 0 Å². The topological polar surface area (TPSA) is 154 Å². The first-order valence-corrected chi connectivity index (χ1v) is 25.7. The third-order valence-electron chi connectivity index (χ3n) is 13.7. The van der Waals surface area contributed by atoms with Gasteiger partial charge in [0.1, 0.15) is 53.6 Å². The van der Waals surface area contributed by atoms with E-state index < -0.39 is 24.0 Å². The molecule has 374 valence electrons. The standard InChI is InChI=1S/C54H54Cl2FN7O7S/c1-31-44-32(2)48(56)49(47(31)55)70-41(26-64-21-19-63(3)20-22-64)29-68-40-14-15-42(69-28-38-16-18-59-51(62-38)35-8-12-39(13-9-35)67-27-33-5-4-17-58-25-33)36(23-40)24-43(54(65)66)71-52-46-45(44)50(72-53(46)61-30-60-52)34-6-10-37(57)11-7-34/h4-7,10-11,14-18,23,25,30,35,39,41,43H,8-9,12-13,19-22,24,26-29H2,1-3H3,(H,65,66)/t35-,39-,41-,43-/m1/s1. The Balaban J connectivity index is 0.991. The molecule has 7 heterocycles. The van der Waals surface area contributed by atoms with E-state index in [1.54, 1.807) is 42.7 Å². The predicted octanol–water partition coefficient (Wildman–Crippen LogP) is 10.6. The molecule has 11 rings (SSSR count). The second-order valence-corrected chi connectivity index (χ2v) is 20.4. The lowest BCUT2D eigenvalue weighted by atomic mass is 9.86. The van der Waals surface area contributed by atoms with Gasteiger partial charge in [-0.15, -0.1) is 11.3 Å². The average molecular weight is 1040 g/mol. The smallest absolute Gasteiger partial charge is 0.345 e. The second kappa shape index (κ2) is 22.0. The number of fused-ring (bicyclic) bond motifs is 7. The van der Waals surface area contributed by atoms with Gasteiger partial charge in [-0.1, -0.05) is 41.4 Å². The molecule has 4 aliphatic rings. The summed E-state index contributed by atoms with van der Waals surface area (Å²) in [5, 5.41) is 12.0. The van der Waals surface area contributed by atoms with Crippen LogP contribution in [0.25, 0.3) is 31.8 Å². The van der Waals surface area contributed by atoms with Gasteiger partial charge in [0.15, 0.2) is 5.75 Å². The second-order valence-electron chi connectivity index (χ2n) is 18.7. The molecule has 2 atom stereocenters. The van der Waals surface area contributed by atoms with Gasteiger partial charge < -0.3 is 33.7 Å². The van der Waals surface area contributed by atoms with Crippen molar-refractivity contribution in [2.24, 2.45) is 0 Å². The van der Waals surface area contributed by atoms with Crippen LogP contribution in [0.1, 0.15) is 65.4 Å². The molecule has 3 aromatic carbocycles. The van der Waals surface area contributed by atoms with E-state index in [2.05, 4.69) is 36.8 Å². The number of benzene rings is 3. The Bertz CT molecular complexity index is 3030. The quantitative estimate of drug-likeness (QED) is 0.131. The van der Waals surface area contributed by atoms with Crippen LogP contribution in [-0.4, -0.2) is 110 Å². The van der Waals surface area contributed by atoms with Gasteiger partial charge in [0, 0.05) is 79.7 Å². The van der Waals surface area contributed by atoms with E-state index in [0.29, 0.717) is 94.6 Å². The number of aromatic nitrogens is 5. The van der Waals surface area contributed by atoms with Crippen LogP contribution in [0.4, 0.5) is 4.39 Å². The summed E-state index contributed by atoms with van der Waals surface area (Å²) in [6.07, 6.45) is 8.32. The van der Waals surface area contributed by atoms with Gasteiger partial charge in [0.05, 0.1) is 33.8 Å². The zero-order chi connectivity index (χ0) is 49.9. The molecule has 0 spiro atoms. The van der Waals surface area contributed by atoms with Crippen molar-refractivity contribution in [2.45, 2.75) is 83.4 Å². The Morgan fingerprint density at radius 1 is 0.903 bits per heavy atom. The first-order valence-electron chi connectivity index (χ1n) is 24.2. The fraction of sp³-hybridized carbons (Fsp3) is 0.370. The first-order chi connectivity index (χ1) is 34.9. The molecule has 1 N–H and O–H groups in total. The molecule has 18 heteroatoms. The van der Waals surface area contributed by atoms with E-state index in [4.69, 9.17) is 51.9 Å². The minimum atomic E-state index is -1.46. The normalized spacial score (nSPS) is 19.8. The minimum Gasteiger partial charge on any atom is -0.490 e. The van der Waals surface area contributed by atoms with Crippen LogP contribution in [0.2, 0.25) is 10.0 Å². The molecule has 0 unspecified atom stereocenters. The van der Waals surface area contributed by atoms with Gasteiger partial charge in [-0.25, -0.2) is 29.1 Å². The summed E-state index contributed by atoms with van der Waals surface area (Å²) in [5.41, 5.74) is 5.55. The maximum Gasteiger partial charge on any atom is 0.345 e. The number of carbonyl (C=O) groups is 1. The highest BCUT2D eigenvalue weighted by molar-refractivity contribution is 7.22. The Morgan fingerprint density at radius 2 is 1.68 bits per heavy atom. The van der Waals surface area contributed by atoms with Gasteiger partial charge >= 0.3 is 5.97 Å². The van der Waals surface area contributed by atoms with E-state index in [0.717, 1.165) is 63.3 Å². The van der Waals surface area contributed by atoms with Crippen molar-refractivity contribution >= 4 is 50.7 Å². The van der Waals surface area contributed by atoms with Crippen molar-refractivity contribution in [3.05, 3.63) is 135 Å². The van der Waals surface area contributed by atoms with E-state index in [-0.39, 0.29) is 37.5 Å². The molecule has 14 nitrogen and oxygen atoms in total. The van der Waals surface area contributed by atoms with E-state index >= 15 is 0 Å². The molecule has 1 saturated carbocycles. The molecule has 2 fully saturated rings. The van der Waals surface area contributed by atoms with Crippen LogP contribution in [0.5, 0.6) is 23.1 Å². The molecule has 4 bridgehead atoms. The van der Waals surface area contributed by atoms with Gasteiger partial charge in [-0.2, -0.15) is 0 Å². The van der Waals surface area contributed by atoms with Crippen LogP contribution in [-0.2, 0) is 29.2 Å². The number of thiophene rings is 1. The monoisotopic (exact) mass is 1030 g/mol. The van der Waals surface area contributed by atoms with Crippen molar-refractivity contribution in [1.29, 1.82) is 0 Å². The number of carboxylic acids is 1. The molecule has 72 heavy (non-hydrogen) atoms. The summed E-state index contributed by atoms with van der Waals surface area (Å²) in [5.74, 6) is 0.569. The van der Waals surface area contributed by atoms with Gasteiger partial charge in [-0.3, -0.25) is 9.88 Å². The lowest BCUT2D eigenvalue weighted by molar-refractivity contribution is -0.145. The van der Waals surface area contributed by atoms with Gasteiger partial charge in [0.2, 0.25) is 12.0 Å². The maximum atomic E-state index is 14.4. The number of aliphatic carboxylic acids is 1. The van der Waals surface area contributed by atoms with Crippen molar-refractivity contribution in [3.8, 4) is 44.7 Å². The largest absolute Gasteiger partial charge is 0.490 e. The molecule has 1 saturated heterocycles. The number of likely N-dealkylation sites (N-methyl/N-ethyl adjacent to an activating group) is 1. The number of pyridine rings is 1. The number of nitrogens with zero attached hydrogens (tertiary/aromatic N) is 7. The summed E-state index contributed by atoms with van der Waals surface area (Å²) in [6, 6.07) is 17.3. The lowest BCUT2D eigenvalue weighted by Crippen LogP contribution is -2.49. The fourth-order valence-electron chi connectivity index (χ4n) is 9.74. The lowest BCUT2D eigenvalue weighted by Gasteiger charge is -2.35. The summed E-state index contributed by atoms with van der Waals surface area (Å²) in [6.45, 7) is 8.51. The third kappa shape index (κ3) is 11.0. The van der Waals surface area contributed by atoms with Crippen LogP contribution < -0.4 is 18.9 Å². The average Bonchev–Trinajstić information content (AvgIpc) is 3.78. The number of rotatable bonds is 11. The molecule has 1 aliphatic carbocycles. The zero-order valence-corrected chi connectivity index (χ0v) is 42.5. The summed E-state index contributed by atoms with van der Waals surface area (Å²) in [7, 11) is 2.11. The minimum absolute atomic E-state index is 0.0346. The predicted molar refractivity (Wildman–Crippen MR) is 274 cm³/mol. The van der Waals surface area contributed by atoms with E-state index in [1.165, 1.54) is 29.8 Å². The van der Waals surface area contributed by atoms with Crippen molar-refractivity contribution in [2.75, 3.05) is 46.4 Å².